The quantitative estimate of drug-likeness (QED) is 0.667. The lowest BCUT2D eigenvalue weighted by Gasteiger charge is -2.03. The third-order valence-corrected chi connectivity index (χ3v) is 2.45. The largest absolute Gasteiger partial charge is 0.296 e. The minimum Gasteiger partial charge on any atom is -0.296 e. The minimum absolute atomic E-state index is 0.0603. The van der Waals surface area contributed by atoms with Gasteiger partial charge in [0.25, 0.3) is 5.91 Å². The van der Waals surface area contributed by atoms with Gasteiger partial charge >= 0.3 is 0 Å². The summed E-state index contributed by atoms with van der Waals surface area (Å²) in [6, 6.07) is 1.77. The van der Waals surface area contributed by atoms with Crippen molar-refractivity contribution in [2.75, 3.05) is 6.26 Å². The van der Waals surface area contributed by atoms with Crippen molar-refractivity contribution in [2.24, 2.45) is 0 Å². The molecule has 2 nitrogen and oxygen atoms in total. The maximum atomic E-state index is 13.1. The Labute approximate surface area is 92.3 Å². The second-order valence-electron chi connectivity index (χ2n) is 2.38. The average Bonchev–Trinajstić information content (AvgIpc) is 2.11. The van der Waals surface area contributed by atoms with Gasteiger partial charge in [0.1, 0.15) is 11.6 Å². The number of carbonyl (C=O) groups excluding carboxylic acids is 1. The molecule has 14 heavy (non-hydrogen) atoms. The SMILES string of the molecule is CSNC(=O)c1cc(Br)c(F)cc1F. The summed E-state index contributed by atoms with van der Waals surface area (Å²) in [5, 5.41) is 0. The standard InChI is InChI=1S/C8H6BrF2NOS/c1-14-12-8(13)4-2-5(9)7(11)3-6(4)10/h2-3H,1H3,(H,12,13). The molecule has 0 atom stereocenters. The number of hydrogen-bond acceptors (Lipinski definition) is 2. The van der Waals surface area contributed by atoms with Gasteiger partial charge in [-0.15, -0.1) is 0 Å². The molecule has 1 rings (SSSR count). The van der Waals surface area contributed by atoms with Gasteiger partial charge in [0.05, 0.1) is 10.0 Å². The van der Waals surface area contributed by atoms with Crippen LogP contribution in [0.5, 0.6) is 0 Å². The average molecular weight is 282 g/mol. The molecule has 0 fully saturated rings. The molecule has 0 saturated carbocycles. The van der Waals surface area contributed by atoms with Gasteiger partial charge in [-0.05, 0) is 22.0 Å². The summed E-state index contributed by atoms with van der Waals surface area (Å²) < 4.78 is 28.3. The van der Waals surface area contributed by atoms with Gasteiger partial charge in [0, 0.05) is 12.3 Å². The van der Waals surface area contributed by atoms with Gasteiger partial charge in [-0.3, -0.25) is 9.52 Å². The molecule has 6 heteroatoms. The third-order valence-electron chi connectivity index (χ3n) is 1.45. The highest BCUT2D eigenvalue weighted by molar-refractivity contribution is 9.10. The second kappa shape index (κ2) is 4.75. The van der Waals surface area contributed by atoms with E-state index in [9.17, 15) is 13.6 Å². The van der Waals surface area contributed by atoms with E-state index in [1.807, 2.05) is 0 Å². The first-order chi connectivity index (χ1) is 6.56. The number of carbonyl (C=O) groups is 1. The Morgan fingerprint density at radius 2 is 2.07 bits per heavy atom. The van der Waals surface area contributed by atoms with Gasteiger partial charge < -0.3 is 0 Å². The summed E-state index contributed by atoms with van der Waals surface area (Å²) >= 11 is 3.92. The van der Waals surface area contributed by atoms with Crippen molar-refractivity contribution < 1.29 is 13.6 Å². The predicted octanol–water partition coefficient (Wildman–Crippen LogP) is 2.74. The van der Waals surface area contributed by atoms with Gasteiger partial charge in [-0.2, -0.15) is 0 Å². The molecule has 0 heterocycles. The van der Waals surface area contributed by atoms with E-state index in [0.29, 0.717) is 6.07 Å². The number of rotatable bonds is 2. The molecule has 1 N–H and O–H groups in total. The first-order valence-corrected chi connectivity index (χ1v) is 5.56. The van der Waals surface area contributed by atoms with Crippen molar-refractivity contribution in [3.63, 3.8) is 0 Å². The van der Waals surface area contributed by atoms with Gasteiger partial charge in [0.2, 0.25) is 0 Å². The fourth-order valence-electron chi connectivity index (χ4n) is 0.844. The molecule has 0 saturated heterocycles. The monoisotopic (exact) mass is 281 g/mol. The highest BCUT2D eigenvalue weighted by Gasteiger charge is 2.14. The van der Waals surface area contributed by atoms with Crippen LogP contribution in [0.15, 0.2) is 16.6 Å². The lowest BCUT2D eigenvalue weighted by atomic mass is 10.2. The van der Waals surface area contributed by atoms with Crippen LogP contribution in [0.25, 0.3) is 0 Å². The van der Waals surface area contributed by atoms with Crippen molar-refractivity contribution in [3.05, 3.63) is 33.8 Å². The van der Waals surface area contributed by atoms with Crippen molar-refractivity contribution in [1.82, 2.24) is 4.72 Å². The smallest absolute Gasteiger partial charge is 0.264 e. The maximum Gasteiger partial charge on any atom is 0.264 e. The molecular weight excluding hydrogens is 276 g/mol. The molecular formula is C8H6BrF2NOS. The van der Waals surface area contributed by atoms with Crippen molar-refractivity contribution in [3.8, 4) is 0 Å². The Hall–Kier alpha value is -0.620. The van der Waals surface area contributed by atoms with Crippen LogP contribution >= 0.6 is 27.9 Å². The maximum absolute atomic E-state index is 13.1. The molecule has 0 bridgehead atoms. The number of hydrogen-bond donors (Lipinski definition) is 1. The van der Waals surface area contributed by atoms with E-state index in [4.69, 9.17) is 0 Å². The van der Waals surface area contributed by atoms with Crippen LogP contribution in [0.3, 0.4) is 0 Å². The van der Waals surface area contributed by atoms with Crippen LogP contribution in [0.1, 0.15) is 10.4 Å². The first kappa shape index (κ1) is 11.5. The third kappa shape index (κ3) is 2.45. The molecule has 0 radical (unpaired) electrons. The zero-order valence-electron chi connectivity index (χ0n) is 7.11. The van der Waals surface area contributed by atoms with E-state index < -0.39 is 17.5 Å². The molecule has 0 aliphatic carbocycles. The summed E-state index contributed by atoms with van der Waals surface area (Å²) in [4.78, 5) is 11.2. The van der Waals surface area contributed by atoms with Crippen LogP contribution in [0.4, 0.5) is 8.78 Å². The van der Waals surface area contributed by atoms with E-state index >= 15 is 0 Å². The molecule has 0 aromatic heterocycles. The minimum atomic E-state index is -0.878. The normalized spacial score (nSPS) is 10.0. The summed E-state index contributed by atoms with van der Waals surface area (Å²) in [6.45, 7) is 0. The lowest BCUT2D eigenvalue weighted by Crippen LogP contribution is -2.17. The molecule has 76 valence electrons. The zero-order chi connectivity index (χ0) is 10.7. The molecule has 0 unspecified atom stereocenters. The fourth-order valence-corrected chi connectivity index (χ4v) is 1.48. The van der Waals surface area contributed by atoms with E-state index in [-0.39, 0.29) is 10.0 Å². The molecule has 1 aromatic carbocycles. The van der Waals surface area contributed by atoms with E-state index in [1.54, 1.807) is 6.26 Å². The zero-order valence-corrected chi connectivity index (χ0v) is 9.51. The molecule has 0 aliphatic heterocycles. The lowest BCUT2D eigenvalue weighted by molar-refractivity contribution is 0.0980. The Bertz CT molecular complexity index is 373. The summed E-state index contributed by atoms with van der Waals surface area (Å²) in [5.41, 5.74) is -0.187. The van der Waals surface area contributed by atoms with Crippen LogP contribution in [0.2, 0.25) is 0 Å². The van der Waals surface area contributed by atoms with Crippen LogP contribution in [-0.4, -0.2) is 12.2 Å². The number of amides is 1. The predicted molar refractivity (Wildman–Crippen MR) is 55.0 cm³/mol. The number of nitrogens with one attached hydrogen (secondary N) is 1. The summed E-state index contributed by atoms with van der Waals surface area (Å²) in [5.74, 6) is -2.20. The van der Waals surface area contributed by atoms with Crippen LogP contribution in [0, 0.1) is 11.6 Å². The Morgan fingerprint density at radius 3 is 2.64 bits per heavy atom. The molecule has 1 aromatic rings. The first-order valence-electron chi connectivity index (χ1n) is 3.54. The van der Waals surface area contributed by atoms with Gasteiger partial charge in [0.15, 0.2) is 0 Å². The van der Waals surface area contributed by atoms with Crippen molar-refractivity contribution in [2.45, 2.75) is 0 Å². The number of halogens is 3. The Morgan fingerprint density at radius 1 is 1.43 bits per heavy atom. The van der Waals surface area contributed by atoms with Gasteiger partial charge in [-0.25, -0.2) is 8.78 Å². The Kier molecular flexibility index (Phi) is 3.88. The highest BCUT2D eigenvalue weighted by Crippen LogP contribution is 2.20. The molecule has 0 spiro atoms. The van der Waals surface area contributed by atoms with Gasteiger partial charge in [-0.1, -0.05) is 11.9 Å². The fraction of sp³-hybridized carbons (Fsp3) is 0.125. The summed E-state index contributed by atoms with van der Waals surface area (Å²) in [7, 11) is 0. The molecule has 1 amide bonds. The van der Waals surface area contributed by atoms with Crippen molar-refractivity contribution in [1.29, 1.82) is 0 Å². The highest BCUT2D eigenvalue weighted by atomic mass is 79.9. The molecule has 0 aliphatic rings. The van der Waals surface area contributed by atoms with E-state index in [1.165, 1.54) is 0 Å². The van der Waals surface area contributed by atoms with Crippen molar-refractivity contribution >= 4 is 33.8 Å². The summed E-state index contributed by atoms with van der Waals surface area (Å²) in [6.07, 6.45) is 1.63. The van der Waals surface area contributed by atoms with Crippen LogP contribution < -0.4 is 4.72 Å². The Balaban J connectivity index is 3.09. The number of benzene rings is 1. The topological polar surface area (TPSA) is 29.1 Å². The van der Waals surface area contributed by atoms with E-state index in [0.717, 1.165) is 18.0 Å². The van der Waals surface area contributed by atoms with E-state index in [2.05, 4.69) is 20.7 Å². The second-order valence-corrected chi connectivity index (χ2v) is 3.85. The van der Waals surface area contributed by atoms with Crippen LogP contribution in [-0.2, 0) is 0 Å².